The van der Waals surface area contributed by atoms with Gasteiger partial charge in [0.25, 0.3) is 0 Å². The van der Waals surface area contributed by atoms with Crippen LogP contribution >= 0.6 is 0 Å². The fourth-order valence-corrected chi connectivity index (χ4v) is 2.69. The van der Waals surface area contributed by atoms with Gasteiger partial charge in [-0.1, -0.05) is 42.5 Å². The highest BCUT2D eigenvalue weighted by atomic mass is 16.5. The van der Waals surface area contributed by atoms with Gasteiger partial charge in [-0.2, -0.15) is 0 Å². The van der Waals surface area contributed by atoms with Gasteiger partial charge < -0.3 is 14.8 Å². The minimum atomic E-state index is -0.530. The lowest BCUT2D eigenvalue weighted by Crippen LogP contribution is -2.38. The molecule has 0 fully saturated rings. The highest BCUT2D eigenvalue weighted by molar-refractivity contribution is 6.00. The van der Waals surface area contributed by atoms with Gasteiger partial charge in [-0.15, -0.1) is 0 Å². The largest absolute Gasteiger partial charge is 0.488 e. The molecule has 25 heavy (non-hydrogen) atoms. The summed E-state index contributed by atoms with van der Waals surface area (Å²) < 4.78 is 11.8. The van der Waals surface area contributed by atoms with Crippen LogP contribution in [-0.2, 0) is 16.1 Å². The van der Waals surface area contributed by atoms with E-state index in [1.807, 2.05) is 68.4 Å². The number of nitrogens with one attached hydrogen (secondary N) is 1. The molecule has 1 amide bonds. The maximum atomic E-state index is 12.1. The highest BCUT2D eigenvalue weighted by Crippen LogP contribution is 2.26. The Morgan fingerprint density at radius 1 is 1.16 bits per heavy atom. The van der Waals surface area contributed by atoms with E-state index in [0.717, 1.165) is 11.1 Å². The maximum Gasteiger partial charge on any atom is 0.248 e. The first kappa shape index (κ1) is 17.0. The van der Waals surface area contributed by atoms with Gasteiger partial charge in [-0.25, -0.2) is 4.99 Å². The van der Waals surface area contributed by atoms with Crippen LogP contribution in [0.2, 0.25) is 0 Å². The van der Waals surface area contributed by atoms with Gasteiger partial charge in [0.2, 0.25) is 11.8 Å². The van der Waals surface area contributed by atoms with E-state index in [1.165, 1.54) is 0 Å². The summed E-state index contributed by atoms with van der Waals surface area (Å²) in [5.41, 5.74) is 1.84. The lowest BCUT2D eigenvalue weighted by atomic mass is 10.2. The van der Waals surface area contributed by atoms with Crippen LogP contribution in [-0.4, -0.2) is 30.5 Å². The van der Waals surface area contributed by atoms with Gasteiger partial charge in [-0.05, 0) is 31.5 Å². The van der Waals surface area contributed by atoms with Crippen molar-refractivity contribution in [3.63, 3.8) is 0 Å². The van der Waals surface area contributed by atoms with Crippen molar-refractivity contribution < 1.29 is 14.3 Å². The summed E-state index contributed by atoms with van der Waals surface area (Å²) >= 11 is 0. The average Bonchev–Trinajstić information content (AvgIpc) is 3.03. The molecule has 0 saturated heterocycles. The van der Waals surface area contributed by atoms with Crippen LogP contribution in [0.4, 0.5) is 0 Å². The number of carbonyl (C=O) groups is 1. The monoisotopic (exact) mass is 338 g/mol. The third-order valence-electron chi connectivity index (χ3n) is 3.97. The molecule has 1 aliphatic rings. The zero-order valence-corrected chi connectivity index (χ0v) is 14.4. The van der Waals surface area contributed by atoms with Crippen LogP contribution < -0.4 is 10.1 Å². The molecule has 2 atom stereocenters. The SMILES string of the molecule is CCNC(=O)[C@H]1N=C(c2ccccc2OCc2ccccc2)O[C@@H]1C. The van der Waals surface area contributed by atoms with E-state index in [2.05, 4.69) is 10.3 Å². The van der Waals surface area contributed by atoms with Gasteiger partial charge >= 0.3 is 0 Å². The summed E-state index contributed by atoms with van der Waals surface area (Å²) in [5.74, 6) is 1.02. The zero-order chi connectivity index (χ0) is 17.6. The minimum Gasteiger partial charge on any atom is -0.488 e. The molecule has 3 rings (SSSR count). The number of benzene rings is 2. The Morgan fingerprint density at radius 2 is 1.88 bits per heavy atom. The number of aliphatic imine (C=N–C) groups is 1. The molecule has 0 bridgehead atoms. The second-order valence-corrected chi connectivity index (χ2v) is 5.87. The molecular formula is C20H22N2O3. The van der Waals surface area contributed by atoms with Crippen molar-refractivity contribution in [2.45, 2.75) is 32.6 Å². The number of nitrogens with zero attached hydrogens (tertiary/aromatic N) is 1. The molecule has 0 aliphatic carbocycles. The summed E-state index contributed by atoms with van der Waals surface area (Å²) in [6.45, 7) is 4.77. The Kier molecular flexibility index (Phi) is 5.33. The third kappa shape index (κ3) is 3.99. The van der Waals surface area contributed by atoms with Crippen molar-refractivity contribution in [2.24, 2.45) is 4.99 Å². The van der Waals surface area contributed by atoms with Crippen molar-refractivity contribution in [3.05, 3.63) is 65.7 Å². The van der Waals surface area contributed by atoms with Gasteiger partial charge in [0.1, 0.15) is 18.5 Å². The number of para-hydroxylation sites is 1. The lowest BCUT2D eigenvalue weighted by molar-refractivity contribution is -0.123. The second kappa shape index (κ2) is 7.83. The number of hydrogen-bond acceptors (Lipinski definition) is 4. The van der Waals surface area contributed by atoms with Gasteiger partial charge in [0.15, 0.2) is 6.04 Å². The number of likely N-dealkylation sites (N-methyl/N-ethyl adjacent to an activating group) is 1. The van der Waals surface area contributed by atoms with Crippen LogP contribution in [0.3, 0.4) is 0 Å². The first-order chi connectivity index (χ1) is 12.2. The van der Waals surface area contributed by atoms with Crippen molar-refractivity contribution in [3.8, 4) is 5.75 Å². The van der Waals surface area contributed by atoms with Crippen molar-refractivity contribution >= 4 is 11.8 Å². The first-order valence-corrected chi connectivity index (χ1v) is 8.47. The maximum absolute atomic E-state index is 12.1. The molecule has 5 nitrogen and oxygen atoms in total. The van der Waals surface area contributed by atoms with Crippen molar-refractivity contribution in [2.75, 3.05) is 6.54 Å². The summed E-state index contributed by atoms with van der Waals surface area (Å²) in [6, 6.07) is 17.0. The van der Waals surface area contributed by atoms with Crippen LogP contribution in [0.25, 0.3) is 0 Å². The molecule has 1 aliphatic heterocycles. The molecule has 130 valence electrons. The van der Waals surface area contributed by atoms with E-state index >= 15 is 0 Å². The quantitative estimate of drug-likeness (QED) is 0.881. The topological polar surface area (TPSA) is 59.9 Å². The molecule has 0 unspecified atom stereocenters. The van der Waals surface area contributed by atoms with E-state index in [1.54, 1.807) is 0 Å². The third-order valence-corrected chi connectivity index (χ3v) is 3.97. The summed E-state index contributed by atoms with van der Waals surface area (Å²) in [4.78, 5) is 16.6. The Labute approximate surface area is 147 Å². The van der Waals surface area contributed by atoms with Crippen LogP contribution in [0.1, 0.15) is 25.0 Å². The Morgan fingerprint density at radius 3 is 2.64 bits per heavy atom. The molecule has 1 heterocycles. The molecule has 2 aromatic carbocycles. The van der Waals surface area contributed by atoms with Crippen molar-refractivity contribution in [1.82, 2.24) is 5.32 Å². The molecule has 0 aromatic heterocycles. The van der Waals surface area contributed by atoms with E-state index < -0.39 is 6.04 Å². The molecule has 0 spiro atoms. The number of amides is 1. The number of ether oxygens (including phenoxy) is 2. The fraction of sp³-hybridized carbons (Fsp3) is 0.300. The van der Waals surface area contributed by atoms with Gasteiger partial charge in [-0.3, -0.25) is 4.79 Å². The van der Waals surface area contributed by atoms with E-state index in [9.17, 15) is 4.79 Å². The molecule has 0 saturated carbocycles. The molecular weight excluding hydrogens is 316 g/mol. The number of carbonyl (C=O) groups excluding carboxylic acids is 1. The minimum absolute atomic E-state index is 0.118. The molecule has 5 heteroatoms. The summed E-state index contributed by atoms with van der Waals surface area (Å²) in [6.07, 6.45) is -0.302. The molecule has 0 radical (unpaired) electrons. The molecule has 2 aromatic rings. The average molecular weight is 338 g/mol. The number of rotatable bonds is 6. The Hall–Kier alpha value is -2.82. The normalized spacial score (nSPS) is 19.0. The second-order valence-electron chi connectivity index (χ2n) is 5.87. The van der Waals surface area contributed by atoms with Crippen molar-refractivity contribution in [1.29, 1.82) is 0 Å². The standard InChI is InChI=1S/C20H22N2O3/c1-3-21-19(23)18-14(2)25-20(22-18)16-11-7-8-12-17(16)24-13-15-9-5-4-6-10-15/h4-12,14,18H,3,13H2,1-2H3,(H,21,23)/t14-,18+/m1/s1. The number of hydrogen-bond donors (Lipinski definition) is 1. The predicted molar refractivity (Wildman–Crippen MR) is 96.8 cm³/mol. The van der Waals surface area contributed by atoms with Crippen LogP contribution in [0, 0.1) is 0 Å². The van der Waals surface area contributed by atoms with Gasteiger partial charge in [0, 0.05) is 6.54 Å². The van der Waals surface area contributed by atoms with Gasteiger partial charge in [0.05, 0.1) is 5.56 Å². The Balaban J connectivity index is 1.78. The Bertz CT molecular complexity index is 759. The van der Waals surface area contributed by atoms with E-state index in [4.69, 9.17) is 9.47 Å². The lowest BCUT2D eigenvalue weighted by Gasteiger charge is -2.13. The summed E-state index contributed by atoms with van der Waals surface area (Å²) in [7, 11) is 0. The molecule has 1 N–H and O–H groups in total. The highest BCUT2D eigenvalue weighted by Gasteiger charge is 2.34. The zero-order valence-electron chi connectivity index (χ0n) is 14.4. The fourth-order valence-electron chi connectivity index (χ4n) is 2.69. The van der Waals surface area contributed by atoms with E-state index in [0.29, 0.717) is 24.8 Å². The predicted octanol–water partition coefficient (Wildman–Crippen LogP) is 2.94. The summed E-state index contributed by atoms with van der Waals surface area (Å²) in [5, 5.41) is 2.79. The smallest absolute Gasteiger partial charge is 0.248 e. The van der Waals surface area contributed by atoms with E-state index in [-0.39, 0.29) is 12.0 Å². The van der Waals surface area contributed by atoms with Crippen LogP contribution in [0.15, 0.2) is 59.6 Å². The first-order valence-electron chi connectivity index (χ1n) is 8.47. The van der Waals surface area contributed by atoms with Crippen LogP contribution in [0.5, 0.6) is 5.75 Å².